The van der Waals surface area contributed by atoms with Crippen molar-refractivity contribution in [1.29, 1.82) is 5.26 Å². The average molecular weight is 408 g/mol. The highest BCUT2D eigenvalue weighted by molar-refractivity contribution is 9.10. The molecular weight excluding hydrogens is 390 g/mol. The van der Waals surface area contributed by atoms with Gasteiger partial charge in [0, 0.05) is 24.6 Å². The maximum atomic E-state index is 12.4. The molecule has 0 bridgehead atoms. The molecule has 7 heteroatoms. The molecule has 1 saturated heterocycles. The highest BCUT2D eigenvalue weighted by Crippen LogP contribution is 2.48. The number of morpholine rings is 1. The largest absolute Gasteiger partial charge is 0.379 e. The van der Waals surface area contributed by atoms with Crippen LogP contribution in [0.4, 0.5) is 0 Å². The summed E-state index contributed by atoms with van der Waals surface area (Å²) in [6, 6.07) is 10.2. The van der Waals surface area contributed by atoms with E-state index in [0.29, 0.717) is 18.1 Å². The Bertz CT molecular complexity index is 693. The number of hydrogen-bond acceptors (Lipinski definition) is 5. The number of rotatable bonds is 3. The van der Waals surface area contributed by atoms with Gasteiger partial charge in [0.1, 0.15) is 0 Å². The fourth-order valence-electron chi connectivity index (χ4n) is 3.01. The molecule has 1 N–H and O–H groups in total. The van der Waals surface area contributed by atoms with Crippen LogP contribution < -0.4 is 5.32 Å². The number of carbonyl (C=O) groups is 1. The first-order chi connectivity index (χ1) is 11.7. The average Bonchev–Trinajstić information content (AvgIpc) is 3.02. The van der Waals surface area contributed by atoms with Gasteiger partial charge in [-0.2, -0.15) is 5.26 Å². The van der Waals surface area contributed by atoms with Crippen LogP contribution in [-0.2, 0) is 9.53 Å². The Hall–Kier alpha value is -1.33. The number of hydrogen-bond donors (Lipinski definition) is 1. The maximum absolute atomic E-state index is 12.4. The quantitative estimate of drug-likeness (QED) is 0.833. The van der Waals surface area contributed by atoms with Crippen LogP contribution in [0.15, 0.2) is 33.6 Å². The second kappa shape index (κ2) is 7.70. The van der Waals surface area contributed by atoms with Gasteiger partial charge in [-0.3, -0.25) is 9.69 Å². The van der Waals surface area contributed by atoms with Crippen molar-refractivity contribution in [3.8, 4) is 6.07 Å². The number of nitrogens with zero attached hydrogens (tertiary/aromatic N) is 2. The van der Waals surface area contributed by atoms with E-state index >= 15 is 0 Å². The van der Waals surface area contributed by atoms with Gasteiger partial charge < -0.3 is 10.1 Å². The first-order valence-electron chi connectivity index (χ1n) is 7.76. The van der Waals surface area contributed by atoms with E-state index in [-0.39, 0.29) is 17.2 Å². The summed E-state index contributed by atoms with van der Waals surface area (Å²) in [6.07, 6.45) is 0. The summed E-state index contributed by atoms with van der Waals surface area (Å²) in [5.74, 6) is -0.476. The molecule has 126 valence electrons. The summed E-state index contributed by atoms with van der Waals surface area (Å²) >= 11 is 4.92. The first kappa shape index (κ1) is 17.5. The van der Waals surface area contributed by atoms with Crippen molar-refractivity contribution in [3.05, 3.63) is 39.2 Å². The molecule has 0 radical (unpaired) electrons. The van der Waals surface area contributed by atoms with Crippen molar-refractivity contribution in [2.75, 3.05) is 33.4 Å². The van der Waals surface area contributed by atoms with E-state index in [4.69, 9.17) is 4.74 Å². The molecule has 0 aromatic heterocycles. The van der Waals surface area contributed by atoms with Crippen LogP contribution in [0.5, 0.6) is 0 Å². The van der Waals surface area contributed by atoms with E-state index < -0.39 is 0 Å². The minimum atomic E-state index is -0.346. The van der Waals surface area contributed by atoms with Crippen molar-refractivity contribution in [1.82, 2.24) is 10.2 Å². The Kier molecular flexibility index (Phi) is 5.61. The fourth-order valence-corrected chi connectivity index (χ4v) is 4.79. The zero-order valence-electron chi connectivity index (χ0n) is 13.3. The zero-order valence-corrected chi connectivity index (χ0v) is 15.7. The van der Waals surface area contributed by atoms with E-state index in [0.717, 1.165) is 28.7 Å². The van der Waals surface area contributed by atoms with E-state index in [1.165, 1.54) is 11.8 Å². The van der Waals surface area contributed by atoms with E-state index in [2.05, 4.69) is 32.2 Å². The standard InChI is InChI=1S/C17H18BrN3O2S/c1-20-16(22)15-14(11-2-4-12(18)5-3-11)13(10-19)17(24-15)21-6-8-23-9-7-21/h2-5,13,17H,6-9H2,1H3,(H,20,22). The summed E-state index contributed by atoms with van der Waals surface area (Å²) in [4.78, 5) is 15.3. The molecule has 1 aromatic rings. The summed E-state index contributed by atoms with van der Waals surface area (Å²) in [6.45, 7) is 2.89. The number of ether oxygens (including phenoxy) is 1. The van der Waals surface area contributed by atoms with E-state index in [1.807, 2.05) is 24.3 Å². The van der Waals surface area contributed by atoms with Gasteiger partial charge in [0.2, 0.25) is 0 Å². The smallest absolute Gasteiger partial charge is 0.257 e. The molecule has 2 aliphatic rings. The summed E-state index contributed by atoms with van der Waals surface area (Å²) in [5.41, 5.74) is 1.75. The van der Waals surface area contributed by atoms with Gasteiger partial charge in [-0.25, -0.2) is 0 Å². The number of likely N-dealkylation sites (N-methyl/N-ethyl adjacent to an activating group) is 1. The van der Waals surface area contributed by atoms with Gasteiger partial charge in [0.05, 0.1) is 35.5 Å². The SMILES string of the molecule is CNC(=O)C1=C(c2ccc(Br)cc2)C(C#N)C(N2CCOCC2)S1. The Labute approximate surface area is 154 Å². The van der Waals surface area contributed by atoms with Crippen molar-refractivity contribution in [2.45, 2.75) is 5.37 Å². The number of carbonyl (C=O) groups excluding carboxylic acids is 1. The zero-order chi connectivity index (χ0) is 17.1. The van der Waals surface area contributed by atoms with Crippen LogP contribution in [0, 0.1) is 17.2 Å². The maximum Gasteiger partial charge on any atom is 0.257 e. The van der Waals surface area contributed by atoms with Crippen LogP contribution in [0.3, 0.4) is 0 Å². The lowest BCUT2D eigenvalue weighted by molar-refractivity contribution is -0.116. The molecule has 1 fully saturated rings. The van der Waals surface area contributed by atoms with E-state index in [1.54, 1.807) is 7.05 Å². The Morgan fingerprint density at radius 3 is 2.62 bits per heavy atom. The lowest BCUT2D eigenvalue weighted by atomic mass is 9.92. The van der Waals surface area contributed by atoms with Crippen molar-refractivity contribution in [3.63, 3.8) is 0 Å². The molecule has 0 spiro atoms. The van der Waals surface area contributed by atoms with Gasteiger partial charge in [0.25, 0.3) is 5.91 Å². The highest BCUT2D eigenvalue weighted by Gasteiger charge is 2.42. The van der Waals surface area contributed by atoms with Gasteiger partial charge in [-0.1, -0.05) is 39.8 Å². The van der Waals surface area contributed by atoms with Gasteiger partial charge in [0.15, 0.2) is 0 Å². The molecule has 2 aliphatic heterocycles. The van der Waals surface area contributed by atoms with Crippen LogP contribution in [0.1, 0.15) is 5.56 Å². The van der Waals surface area contributed by atoms with Gasteiger partial charge in [-0.05, 0) is 23.3 Å². The van der Waals surface area contributed by atoms with Crippen molar-refractivity contribution in [2.24, 2.45) is 5.92 Å². The molecule has 2 heterocycles. The Morgan fingerprint density at radius 1 is 1.38 bits per heavy atom. The minimum Gasteiger partial charge on any atom is -0.379 e. The summed E-state index contributed by atoms with van der Waals surface area (Å²) in [5, 5.41) is 12.5. The normalized spacial score (nSPS) is 24.7. The highest BCUT2D eigenvalue weighted by atomic mass is 79.9. The molecule has 1 aromatic carbocycles. The number of amides is 1. The van der Waals surface area contributed by atoms with Gasteiger partial charge in [-0.15, -0.1) is 0 Å². The molecule has 2 unspecified atom stereocenters. The van der Waals surface area contributed by atoms with Crippen molar-refractivity contribution < 1.29 is 9.53 Å². The number of benzene rings is 1. The first-order valence-corrected chi connectivity index (χ1v) is 9.43. The molecular formula is C17H18BrN3O2S. The molecule has 0 saturated carbocycles. The second-order valence-corrected chi connectivity index (χ2v) is 7.63. The van der Waals surface area contributed by atoms with Crippen molar-refractivity contribution >= 4 is 39.2 Å². The van der Waals surface area contributed by atoms with Crippen LogP contribution >= 0.6 is 27.7 Å². The minimum absolute atomic E-state index is 0.0511. The molecule has 1 amide bonds. The number of nitrogens with one attached hydrogen (secondary N) is 1. The van der Waals surface area contributed by atoms with Crippen LogP contribution in [0.2, 0.25) is 0 Å². The lowest BCUT2D eigenvalue weighted by Gasteiger charge is -2.33. The third kappa shape index (κ3) is 3.38. The molecule has 0 aliphatic carbocycles. The van der Waals surface area contributed by atoms with Crippen LogP contribution in [-0.4, -0.2) is 49.5 Å². The predicted molar refractivity (Wildman–Crippen MR) is 98.0 cm³/mol. The lowest BCUT2D eigenvalue weighted by Crippen LogP contribution is -2.44. The number of halogens is 1. The molecule has 3 rings (SSSR count). The Morgan fingerprint density at radius 2 is 2.04 bits per heavy atom. The van der Waals surface area contributed by atoms with Gasteiger partial charge >= 0.3 is 0 Å². The topological polar surface area (TPSA) is 65.4 Å². The van der Waals surface area contributed by atoms with E-state index in [9.17, 15) is 10.1 Å². The fraction of sp³-hybridized carbons (Fsp3) is 0.412. The number of nitriles is 1. The molecule has 24 heavy (non-hydrogen) atoms. The second-order valence-electron chi connectivity index (χ2n) is 5.59. The predicted octanol–water partition coefficient (Wildman–Crippen LogP) is 2.45. The monoisotopic (exact) mass is 407 g/mol. The number of thioether (sulfide) groups is 1. The summed E-state index contributed by atoms with van der Waals surface area (Å²) in [7, 11) is 1.62. The van der Waals surface area contributed by atoms with Crippen LogP contribution in [0.25, 0.3) is 5.57 Å². The third-order valence-corrected chi connectivity index (χ3v) is 6.19. The third-order valence-electron chi connectivity index (χ3n) is 4.21. The molecule has 2 atom stereocenters. The molecule has 5 nitrogen and oxygen atoms in total. The summed E-state index contributed by atoms with van der Waals surface area (Å²) < 4.78 is 6.39. The Balaban J connectivity index is 2.00.